The minimum absolute atomic E-state index is 0.106. The Balaban J connectivity index is 1.71. The Morgan fingerprint density at radius 1 is 1.36 bits per heavy atom. The number of carbonyl (C=O) groups excluding carboxylic acids is 1. The lowest BCUT2D eigenvalue weighted by molar-refractivity contribution is 0.0990. The molecule has 1 aliphatic carbocycles. The van der Waals surface area contributed by atoms with Crippen molar-refractivity contribution in [3.8, 4) is 5.75 Å². The van der Waals surface area contributed by atoms with E-state index in [1.54, 1.807) is 32.5 Å². The van der Waals surface area contributed by atoms with Crippen molar-refractivity contribution in [1.29, 1.82) is 0 Å². The number of aryl methyl sites for hydroxylation is 1. The van der Waals surface area contributed by atoms with Gasteiger partial charge in [-0.2, -0.15) is 0 Å². The minimum atomic E-state index is -0.286. The third kappa shape index (κ3) is 2.84. The molecule has 0 aromatic carbocycles. The van der Waals surface area contributed by atoms with E-state index in [1.165, 1.54) is 17.4 Å². The standard InChI is InChI=1S/C19H19N3O3/c1-21-7-3-4-14(19(21)24)16(23)8-13-10-22-11-15(12-5-6-12)20-18(22)9-17(13)25-2/h3-4,7,9-12H,5-6,8H2,1-2H3. The summed E-state index contributed by atoms with van der Waals surface area (Å²) in [4.78, 5) is 29.4. The summed E-state index contributed by atoms with van der Waals surface area (Å²) in [6, 6.07) is 5.11. The monoisotopic (exact) mass is 337 g/mol. The van der Waals surface area contributed by atoms with Crippen LogP contribution in [0.3, 0.4) is 0 Å². The summed E-state index contributed by atoms with van der Waals surface area (Å²) in [6.07, 6.45) is 8.00. The lowest BCUT2D eigenvalue weighted by atomic mass is 10.0. The number of fused-ring (bicyclic) bond motifs is 1. The van der Waals surface area contributed by atoms with Gasteiger partial charge in [0.1, 0.15) is 11.4 Å². The van der Waals surface area contributed by atoms with Crippen molar-refractivity contribution in [3.05, 3.63) is 64.0 Å². The van der Waals surface area contributed by atoms with Gasteiger partial charge >= 0.3 is 0 Å². The maximum atomic E-state index is 12.6. The van der Waals surface area contributed by atoms with Gasteiger partial charge in [0.25, 0.3) is 5.56 Å². The SMILES string of the molecule is COc1cc2nc(C3CC3)cn2cc1CC(=O)c1cccn(C)c1=O. The maximum absolute atomic E-state index is 12.6. The number of ketones is 1. The second kappa shape index (κ2) is 5.88. The number of Topliss-reactive ketones (excluding diaryl/α,β-unsaturated/α-hetero) is 1. The zero-order valence-corrected chi connectivity index (χ0v) is 14.2. The molecule has 1 saturated carbocycles. The van der Waals surface area contributed by atoms with Gasteiger partial charge in [-0.3, -0.25) is 9.59 Å². The van der Waals surface area contributed by atoms with Crippen LogP contribution in [0.4, 0.5) is 0 Å². The molecule has 0 N–H and O–H groups in total. The van der Waals surface area contributed by atoms with Gasteiger partial charge in [-0.25, -0.2) is 4.98 Å². The number of aromatic nitrogens is 3. The molecule has 1 fully saturated rings. The first-order chi connectivity index (χ1) is 12.1. The van der Waals surface area contributed by atoms with E-state index in [0.717, 1.165) is 16.9 Å². The van der Waals surface area contributed by atoms with Gasteiger partial charge in [-0.1, -0.05) is 0 Å². The van der Waals surface area contributed by atoms with Crippen molar-refractivity contribution in [2.24, 2.45) is 7.05 Å². The molecule has 0 spiro atoms. The van der Waals surface area contributed by atoms with Gasteiger partial charge in [-0.05, 0) is 25.0 Å². The molecule has 6 nitrogen and oxygen atoms in total. The Hall–Kier alpha value is -2.89. The Bertz CT molecular complexity index is 1030. The highest BCUT2D eigenvalue weighted by atomic mass is 16.5. The number of hydrogen-bond acceptors (Lipinski definition) is 4. The van der Waals surface area contributed by atoms with E-state index in [1.807, 2.05) is 22.9 Å². The third-order valence-corrected chi connectivity index (χ3v) is 4.64. The van der Waals surface area contributed by atoms with Crippen molar-refractivity contribution in [3.63, 3.8) is 0 Å². The van der Waals surface area contributed by atoms with E-state index in [4.69, 9.17) is 4.74 Å². The van der Waals surface area contributed by atoms with E-state index < -0.39 is 0 Å². The molecule has 0 saturated heterocycles. The number of methoxy groups -OCH3 is 1. The molecule has 0 unspecified atom stereocenters. The first-order valence-electron chi connectivity index (χ1n) is 8.31. The smallest absolute Gasteiger partial charge is 0.261 e. The number of ether oxygens (including phenoxy) is 1. The summed E-state index contributed by atoms with van der Waals surface area (Å²) in [6.45, 7) is 0. The van der Waals surface area contributed by atoms with Crippen LogP contribution in [0.2, 0.25) is 0 Å². The third-order valence-electron chi connectivity index (χ3n) is 4.64. The molecule has 1 aliphatic rings. The van der Waals surface area contributed by atoms with Crippen molar-refractivity contribution < 1.29 is 9.53 Å². The van der Waals surface area contributed by atoms with E-state index >= 15 is 0 Å². The molecule has 0 aliphatic heterocycles. The number of carbonyl (C=O) groups is 1. The molecule has 128 valence electrons. The minimum Gasteiger partial charge on any atom is -0.496 e. The van der Waals surface area contributed by atoms with Gasteiger partial charge in [0.15, 0.2) is 5.78 Å². The average Bonchev–Trinajstić information content (AvgIpc) is 3.37. The van der Waals surface area contributed by atoms with Crippen LogP contribution in [0.1, 0.15) is 40.4 Å². The predicted molar refractivity (Wildman–Crippen MR) is 93.4 cm³/mol. The molecule has 3 aromatic heterocycles. The summed E-state index contributed by atoms with van der Waals surface area (Å²) in [5, 5.41) is 0. The Morgan fingerprint density at radius 2 is 2.16 bits per heavy atom. The van der Waals surface area contributed by atoms with Crippen LogP contribution in [0.25, 0.3) is 5.65 Å². The molecule has 0 atom stereocenters. The van der Waals surface area contributed by atoms with E-state index in [9.17, 15) is 9.59 Å². The highest BCUT2D eigenvalue weighted by molar-refractivity contribution is 5.97. The van der Waals surface area contributed by atoms with Crippen molar-refractivity contribution in [2.45, 2.75) is 25.2 Å². The van der Waals surface area contributed by atoms with E-state index in [2.05, 4.69) is 4.98 Å². The van der Waals surface area contributed by atoms with Crippen LogP contribution >= 0.6 is 0 Å². The highest BCUT2D eigenvalue weighted by Gasteiger charge is 2.26. The molecule has 3 aromatic rings. The van der Waals surface area contributed by atoms with Gasteiger partial charge in [0, 0.05) is 49.6 Å². The van der Waals surface area contributed by atoms with Gasteiger partial charge in [0.05, 0.1) is 18.4 Å². The summed E-state index contributed by atoms with van der Waals surface area (Å²) in [5.74, 6) is 0.950. The van der Waals surface area contributed by atoms with Crippen molar-refractivity contribution >= 4 is 11.4 Å². The molecule has 0 amide bonds. The summed E-state index contributed by atoms with van der Waals surface area (Å²) in [5.41, 5.74) is 2.54. The largest absolute Gasteiger partial charge is 0.496 e. The number of pyridine rings is 2. The molecule has 0 bridgehead atoms. The maximum Gasteiger partial charge on any atom is 0.261 e. The predicted octanol–water partition coefficient (Wildman–Crippen LogP) is 2.34. The topological polar surface area (TPSA) is 65.6 Å². The van der Waals surface area contributed by atoms with Crippen LogP contribution in [-0.4, -0.2) is 26.8 Å². The molecule has 25 heavy (non-hydrogen) atoms. The summed E-state index contributed by atoms with van der Waals surface area (Å²) in [7, 11) is 3.21. The summed E-state index contributed by atoms with van der Waals surface area (Å²) < 4.78 is 8.78. The molecular formula is C19H19N3O3. The molecule has 6 heteroatoms. The molecular weight excluding hydrogens is 318 g/mol. The lowest BCUT2D eigenvalue weighted by Crippen LogP contribution is -2.24. The van der Waals surface area contributed by atoms with Crippen molar-refractivity contribution in [1.82, 2.24) is 14.0 Å². The fourth-order valence-corrected chi connectivity index (χ4v) is 3.06. The first-order valence-corrected chi connectivity index (χ1v) is 8.31. The zero-order chi connectivity index (χ0) is 17.6. The highest BCUT2D eigenvalue weighted by Crippen LogP contribution is 2.39. The fraction of sp³-hybridized carbons (Fsp3) is 0.316. The van der Waals surface area contributed by atoms with Crippen LogP contribution in [0.5, 0.6) is 5.75 Å². The Labute approximate surface area is 144 Å². The van der Waals surface area contributed by atoms with Crippen molar-refractivity contribution in [2.75, 3.05) is 7.11 Å². The quantitative estimate of drug-likeness (QED) is 0.670. The molecule has 0 radical (unpaired) electrons. The number of imidazole rings is 1. The fourth-order valence-electron chi connectivity index (χ4n) is 3.06. The van der Waals surface area contributed by atoms with Crippen LogP contribution in [0, 0.1) is 0 Å². The Kier molecular flexibility index (Phi) is 3.67. The zero-order valence-electron chi connectivity index (χ0n) is 14.2. The van der Waals surface area contributed by atoms with Crippen LogP contribution < -0.4 is 10.3 Å². The Morgan fingerprint density at radius 3 is 2.88 bits per heavy atom. The van der Waals surface area contributed by atoms with E-state index in [0.29, 0.717) is 11.7 Å². The van der Waals surface area contributed by atoms with Gasteiger partial charge in [0.2, 0.25) is 0 Å². The summed E-state index contributed by atoms with van der Waals surface area (Å²) >= 11 is 0. The lowest BCUT2D eigenvalue weighted by Gasteiger charge is -2.09. The second-order valence-corrected chi connectivity index (χ2v) is 6.51. The number of rotatable bonds is 5. The van der Waals surface area contributed by atoms with Gasteiger partial charge in [-0.15, -0.1) is 0 Å². The van der Waals surface area contributed by atoms with E-state index in [-0.39, 0.29) is 23.3 Å². The normalized spacial score (nSPS) is 14.0. The van der Waals surface area contributed by atoms with Crippen LogP contribution in [-0.2, 0) is 13.5 Å². The first kappa shape index (κ1) is 15.6. The number of hydrogen-bond donors (Lipinski definition) is 0. The second-order valence-electron chi connectivity index (χ2n) is 6.51. The van der Waals surface area contributed by atoms with Crippen LogP contribution in [0.15, 0.2) is 41.6 Å². The average molecular weight is 337 g/mol. The van der Waals surface area contributed by atoms with Gasteiger partial charge < -0.3 is 13.7 Å². The number of nitrogens with zero attached hydrogens (tertiary/aromatic N) is 3. The molecule has 4 rings (SSSR count). The molecule has 3 heterocycles.